The maximum absolute atomic E-state index is 6.25. The molecular formula is C58H39NO. The Morgan fingerprint density at radius 1 is 0.250 bits per heavy atom. The minimum Gasteiger partial charge on any atom is -0.456 e. The van der Waals surface area contributed by atoms with Gasteiger partial charge in [-0.05, 0) is 127 Å². The highest BCUT2D eigenvalue weighted by molar-refractivity contribution is 6.06. The van der Waals surface area contributed by atoms with Crippen LogP contribution in [0.4, 0.5) is 17.1 Å². The minimum absolute atomic E-state index is 0.879. The van der Waals surface area contributed by atoms with E-state index in [0.29, 0.717) is 0 Å². The number of anilines is 3. The molecule has 0 spiro atoms. The van der Waals surface area contributed by atoms with Gasteiger partial charge >= 0.3 is 0 Å². The summed E-state index contributed by atoms with van der Waals surface area (Å²) in [5.74, 6) is 0. The van der Waals surface area contributed by atoms with Gasteiger partial charge in [0.15, 0.2) is 0 Å². The number of nitrogens with zero attached hydrogens (tertiary/aromatic N) is 1. The van der Waals surface area contributed by atoms with E-state index in [0.717, 1.165) is 50.1 Å². The van der Waals surface area contributed by atoms with Crippen molar-refractivity contribution in [1.82, 2.24) is 0 Å². The molecule has 0 unspecified atom stereocenters. The first-order valence-electron chi connectivity index (χ1n) is 20.5. The van der Waals surface area contributed by atoms with Crippen molar-refractivity contribution in [3.63, 3.8) is 0 Å². The van der Waals surface area contributed by atoms with E-state index in [9.17, 15) is 0 Å². The van der Waals surface area contributed by atoms with Crippen molar-refractivity contribution in [2.45, 2.75) is 0 Å². The Balaban J connectivity index is 0.945. The molecule has 1 aromatic heterocycles. The van der Waals surface area contributed by atoms with Crippen LogP contribution in [-0.2, 0) is 0 Å². The van der Waals surface area contributed by atoms with E-state index in [2.05, 4.69) is 229 Å². The molecule has 2 heteroatoms. The Labute approximate surface area is 349 Å². The van der Waals surface area contributed by atoms with E-state index in [4.69, 9.17) is 4.42 Å². The number of rotatable bonds is 8. The summed E-state index contributed by atoms with van der Waals surface area (Å²) < 4.78 is 6.25. The third-order valence-electron chi connectivity index (χ3n) is 11.7. The maximum atomic E-state index is 6.25. The van der Waals surface area contributed by atoms with Gasteiger partial charge in [-0.3, -0.25) is 0 Å². The third kappa shape index (κ3) is 6.61. The Kier molecular flexibility index (Phi) is 8.87. The second-order valence-corrected chi connectivity index (χ2v) is 15.3. The zero-order valence-electron chi connectivity index (χ0n) is 32.9. The van der Waals surface area contributed by atoms with Gasteiger partial charge in [-0.15, -0.1) is 0 Å². The van der Waals surface area contributed by atoms with Gasteiger partial charge in [-0.1, -0.05) is 176 Å². The van der Waals surface area contributed by atoms with Gasteiger partial charge in [0.2, 0.25) is 0 Å². The molecule has 0 aliphatic heterocycles. The first-order chi connectivity index (χ1) is 29.7. The SMILES string of the molecule is c1ccc(-c2ccccc2-c2cccc(N(c3ccc(-c4ccc(-c5cccc(-c6ccc7ccccc7c6)c5)cc4)cc3)c3ccc4oc5ccccc5c4c3)c2)cc1. The molecule has 0 fully saturated rings. The van der Waals surface area contributed by atoms with E-state index in [1.807, 2.05) is 12.1 Å². The lowest BCUT2D eigenvalue weighted by Gasteiger charge is -2.26. The molecule has 0 saturated carbocycles. The van der Waals surface area contributed by atoms with Gasteiger partial charge in [-0.25, -0.2) is 0 Å². The molecular weight excluding hydrogens is 727 g/mol. The molecule has 0 aliphatic rings. The fourth-order valence-corrected chi connectivity index (χ4v) is 8.62. The molecule has 60 heavy (non-hydrogen) atoms. The Morgan fingerprint density at radius 2 is 0.767 bits per heavy atom. The quantitative estimate of drug-likeness (QED) is 0.153. The van der Waals surface area contributed by atoms with Gasteiger partial charge < -0.3 is 9.32 Å². The third-order valence-corrected chi connectivity index (χ3v) is 11.7. The normalized spacial score (nSPS) is 11.3. The highest BCUT2D eigenvalue weighted by Crippen LogP contribution is 2.42. The molecule has 11 aromatic rings. The summed E-state index contributed by atoms with van der Waals surface area (Å²) in [6.45, 7) is 0. The van der Waals surface area contributed by atoms with Crippen molar-refractivity contribution in [3.05, 3.63) is 237 Å². The maximum Gasteiger partial charge on any atom is 0.135 e. The second kappa shape index (κ2) is 15.1. The first-order valence-corrected chi connectivity index (χ1v) is 20.5. The van der Waals surface area contributed by atoms with Crippen LogP contribution >= 0.6 is 0 Å². The van der Waals surface area contributed by atoms with Gasteiger partial charge in [0.1, 0.15) is 11.2 Å². The molecule has 282 valence electrons. The number of furan rings is 1. The number of fused-ring (bicyclic) bond motifs is 4. The zero-order valence-corrected chi connectivity index (χ0v) is 32.9. The molecule has 0 atom stereocenters. The topological polar surface area (TPSA) is 16.4 Å². The van der Waals surface area contributed by atoms with Crippen LogP contribution in [0.5, 0.6) is 0 Å². The molecule has 0 bridgehead atoms. The number of para-hydroxylation sites is 1. The van der Waals surface area contributed by atoms with Crippen LogP contribution in [0.2, 0.25) is 0 Å². The predicted octanol–water partition coefficient (Wildman–Crippen LogP) is 16.5. The van der Waals surface area contributed by atoms with Crippen molar-refractivity contribution < 1.29 is 4.42 Å². The average molecular weight is 766 g/mol. The fourth-order valence-electron chi connectivity index (χ4n) is 8.62. The molecule has 0 radical (unpaired) electrons. The predicted molar refractivity (Wildman–Crippen MR) is 253 cm³/mol. The van der Waals surface area contributed by atoms with E-state index in [1.54, 1.807) is 0 Å². The molecule has 0 amide bonds. The highest BCUT2D eigenvalue weighted by Gasteiger charge is 2.17. The van der Waals surface area contributed by atoms with Crippen LogP contribution in [-0.4, -0.2) is 0 Å². The van der Waals surface area contributed by atoms with E-state index >= 15 is 0 Å². The molecule has 10 aromatic carbocycles. The average Bonchev–Trinajstić information content (AvgIpc) is 3.70. The second-order valence-electron chi connectivity index (χ2n) is 15.3. The molecule has 0 aliphatic carbocycles. The van der Waals surface area contributed by atoms with Gasteiger partial charge in [0, 0.05) is 27.8 Å². The van der Waals surface area contributed by atoms with Crippen LogP contribution in [0.1, 0.15) is 0 Å². The van der Waals surface area contributed by atoms with Crippen molar-refractivity contribution in [3.8, 4) is 55.6 Å². The van der Waals surface area contributed by atoms with E-state index < -0.39 is 0 Å². The van der Waals surface area contributed by atoms with Gasteiger partial charge in [0.05, 0.1) is 0 Å². The molecule has 0 N–H and O–H groups in total. The lowest BCUT2D eigenvalue weighted by molar-refractivity contribution is 0.669. The highest BCUT2D eigenvalue weighted by atomic mass is 16.3. The van der Waals surface area contributed by atoms with Crippen molar-refractivity contribution in [2.75, 3.05) is 4.90 Å². The molecule has 11 rings (SSSR count). The summed E-state index contributed by atoms with van der Waals surface area (Å²) in [5, 5.41) is 4.72. The van der Waals surface area contributed by atoms with Crippen molar-refractivity contribution in [1.29, 1.82) is 0 Å². The van der Waals surface area contributed by atoms with Crippen LogP contribution in [0.15, 0.2) is 241 Å². The van der Waals surface area contributed by atoms with Crippen LogP contribution < -0.4 is 4.90 Å². The Morgan fingerprint density at radius 3 is 1.57 bits per heavy atom. The minimum atomic E-state index is 0.879. The molecule has 0 saturated heterocycles. The van der Waals surface area contributed by atoms with Gasteiger partial charge in [0.25, 0.3) is 0 Å². The van der Waals surface area contributed by atoms with Crippen LogP contribution in [0, 0.1) is 0 Å². The fraction of sp³-hybridized carbons (Fsp3) is 0. The number of hydrogen-bond donors (Lipinski definition) is 0. The van der Waals surface area contributed by atoms with Crippen molar-refractivity contribution >= 4 is 49.8 Å². The van der Waals surface area contributed by atoms with Crippen LogP contribution in [0.25, 0.3) is 88.3 Å². The zero-order chi connectivity index (χ0) is 39.8. The summed E-state index contributed by atoms with van der Waals surface area (Å²) in [4.78, 5) is 2.35. The standard InChI is InChI=1S/C58H39NO/c1-2-13-44(14-3-1)53-20-6-7-21-54(53)49-18-11-19-51(38-49)59(52-34-35-58-56(39-52)55-22-8-9-23-57(55)60-58)50-32-30-42(31-33-50)41-24-26-43(27-25-41)46-16-10-17-47(36-46)48-29-28-40-12-4-5-15-45(40)37-48/h1-39H. The van der Waals surface area contributed by atoms with Crippen LogP contribution in [0.3, 0.4) is 0 Å². The Bertz CT molecular complexity index is 3310. The summed E-state index contributed by atoms with van der Waals surface area (Å²) in [6, 6.07) is 84.9. The van der Waals surface area contributed by atoms with Crippen molar-refractivity contribution in [2.24, 2.45) is 0 Å². The Hall–Kier alpha value is -7.94. The summed E-state index contributed by atoms with van der Waals surface area (Å²) >= 11 is 0. The monoisotopic (exact) mass is 765 g/mol. The summed E-state index contributed by atoms with van der Waals surface area (Å²) in [5.41, 5.74) is 16.9. The first kappa shape index (κ1) is 35.2. The smallest absolute Gasteiger partial charge is 0.135 e. The van der Waals surface area contributed by atoms with Gasteiger partial charge in [-0.2, -0.15) is 0 Å². The lowest BCUT2D eigenvalue weighted by Crippen LogP contribution is -2.10. The van der Waals surface area contributed by atoms with E-state index in [-0.39, 0.29) is 0 Å². The lowest BCUT2D eigenvalue weighted by atomic mass is 9.94. The number of hydrogen-bond acceptors (Lipinski definition) is 2. The molecule has 2 nitrogen and oxygen atoms in total. The largest absolute Gasteiger partial charge is 0.456 e. The summed E-state index contributed by atoms with van der Waals surface area (Å²) in [6.07, 6.45) is 0. The summed E-state index contributed by atoms with van der Waals surface area (Å²) in [7, 11) is 0. The molecule has 1 heterocycles. The number of benzene rings is 10. The van der Waals surface area contributed by atoms with E-state index in [1.165, 1.54) is 55.3 Å².